The fourth-order valence-corrected chi connectivity index (χ4v) is 2.20. The van der Waals surface area contributed by atoms with E-state index in [4.69, 9.17) is 16.3 Å². The summed E-state index contributed by atoms with van der Waals surface area (Å²) < 4.78 is 11.1. The summed E-state index contributed by atoms with van der Waals surface area (Å²) in [5, 5.41) is 4.64. The number of aromatic nitrogens is 2. The first-order chi connectivity index (χ1) is 10.9. The second-order valence-electron chi connectivity index (χ2n) is 4.89. The third-order valence-corrected chi connectivity index (χ3v) is 3.73. The zero-order valence-corrected chi connectivity index (χ0v) is 14.6. The Kier molecular flexibility index (Phi) is 7.77. The van der Waals surface area contributed by atoms with Crippen molar-refractivity contribution in [2.24, 2.45) is 7.05 Å². The molecule has 0 aromatic carbocycles. The molecule has 1 amide bonds. The molecule has 23 heavy (non-hydrogen) atoms. The Morgan fingerprint density at radius 2 is 2.04 bits per heavy atom. The highest BCUT2D eigenvalue weighted by atomic mass is 35.5. The van der Waals surface area contributed by atoms with Crippen molar-refractivity contribution in [2.75, 3.05) is 33.9 Å². The number of carbonyl (C=O) groups excluding carboxylic acids is 2. The number of aryl methyl sites for hydroxylation is 2. The van der Waals surface area contributed by atoms with E-state index < -0.39 is 0 Å². The number of amides is 1. The summed E-state index contributed by atoms with van der Waals surface area (Å²) in [5.74, 6) is -0.597. The van der Waals surface area contributed by atoms with Crippen molar-refractivity contribution < 1.29 is 19.1 Å². The molecule has 1 aromatic heterocycles. The SMILES string of the molecule is COCCN(CCC(=O)OC)C(=O)/C=C/c1c(C)nn(C)c1Cl. The Morgan fingerprint density at radius 1 is 1.35 bits per heavy atom. The van der Waals surface area contributed by atoms with Gasteiger partial charge in [0.05, 0.1) is 25.8 Å². The van der Waals surface area contributed by atoms with Gasteiger partial charge in [0.15, 0.2) is 0 Å². The average Bonchev–Trinajstić information content (AvgIpc) is 2.77. The number of rotatable bonds is 8. The first-order valence-electron chi connectivity index (χ1n) is 7.12. The number of carbonyl (C=O) groups is 2. The molecule has 128 valence electrons. The van der Waals surface area contributed by atoms with Gasteiger partial charge >= 0.3 is 5.97 Å². The molecule has 0 unspecified atom stereocenters. The molecule has 0 atom stereocenters. The molecular formula is C15H22ClN3O4. The van der Waals surface area contributed by atoms with E-state index in [0.717, 1.165) is 5.69 Å². The van der Waals surface area contributed by atoms with E-state index in [1.54, 1.807) is 24.9 Å². The Balaban J connectivity index is 2.78. The Bertz CT molecular complexity index is 584. The van der Waals surface area contributed by atoms with Gasteiger partial charge in [0.1, 0.15) is 5.15 Å². The maximum atomic E-state index is 12.3. The van der Waals surface area contributed by atoms with E-state index in [2.05, 4.69) is 9.84 Å². The van der Waals surface area contributed by atoms with Gasteiger partial charge < -0.3 is 14.4 Å². The fourth-order valence-electron chi connectivity index (χ4n) is 1.96. The van der Waals surface area contributed by atoms with Crippen LogP contribution in [0.1, 0.15) is 17.7 Å². The minimum absolute atomic E-state index is 0.131. The summed E-state index contributed by atoms with van der Waals surface area (Å²) in [6, 6.07) is 0. The smallest absolute Gasteiger partial charge is 0.307 e. The van der Waals surface area contributed by atoms with Gasteiger partial charge in [0.25, 0.3) is 0 Å². The summed E-state index contributed by atoms with van der Waals surface area (Å²) in [4.78, 5) is 25.1. The van der Waals surface area contributed by atoms with Crippen LogP contribution < -0.4 is 0 Å². The van der Waals surface area contributed by atoms with Crippen molar-refractivity contribution in [3.05, 3.63) is 22.5 Å². The molecule has 1 rings (SSSR count). The number of ether oxygens (including phenoxy) is 2. The summed E-state index contributed by atoms with van der Waals surface area (Å²) in [5.41, 5.74) is 1.43. The summed E-state index contributed by atoms with van der Waals surface area (Å²) in [6.07, 6.45) is 3.18. The molecule has 1 aromatic rings. The van der Waals surface area contributed by atoms with E-state index in [1.165, 1.54) is 18.1 Å². The molecule has 0 saturated heterocycles. The van der Waals surface area contributed by atoms with Crippen LogP contribution in [0.25, 0.3) is 6.08 Å². The lowest BCUT2D eigenvalue weighted by molar-refractivity contribution is -0.141. The van der Waals surface area contributed by atoms with Crippen LogP contribution in [-0.2, 0) is 26.1 Å². The second kappa shape index (κ2) is 9.32. The third kappa shape index (κ3) is 5.69. The maximum Gasteiger partial charge on any atom is 0.307 e. The molecule has 0 bridgehead atoms. The molecule has 0 fully saturated rings. The predicted octanol–water partition coefficient (Wildman–Crippen LogP) is 1.43. The highest BCUT2D eigenvalue weighted by Crippen LogP contribution is 2.20. The number of esters is 1. The van der Waals surface area contributed by atoms with Crippen LogP contribution in [0.15, 0.2) is 6.08 Å². The van der Waals surface area contributed by atoms with Gasteiger partial charge in [-0.3, -0.25) is 14.3 Å². The number of halogens is 1. The molecule has 0 spiro atoms. The van der Waals surface area contributed by atoms with Gasteiger partial charge in [-0.1, -0.05) is 11.6 Å². The van der Waals surface area contributed by atoms with Crippen LogP contribution in [0.5, 0.6) is 0 Å². The minimum atomic E-state index is -0.365. The summed E-state index contributed by atoms with van der Waals surface area (Å²) in [7, 11) is 4.60. The molecule has 7 nitrogen and oxygen atoms in total. The van der Waals surface area contributed by atoms with E-state index in [0.29, 0.717) is 23.9 Å². The van der Waals surface area contributed by atoms with Crippen molar-refractivity contribution in [1.29, 1.82) is 0 Å². The lowest BCUT2D eigenvalue weighted by Gasteiger charge is -2.20. The zero-order chi connectivity index (χ0) is 17.4. The largest absolute Gasteiger partial charge is 0.469 e. The van der Waals surface area contributed by atoms with Crippen LogP contribution in [0, 0.1) is 6.92 Å². The zero-order valence-electron chi connectivity index (χ0n) is 13.8. The van der Waals surface area contributed by atoms with E-state index >= 15 is 0 Å². The van der Waals surface area contributed by atoms with Crippen molar-refractivity contribution in [2.45, 2.75) is 13.3 Å². The van der Waals surface area contributed by atoms with E-state index in [1.807, 2.05) is 6.92 Å². The van der Waals surface area contributed by atoms with Gasteiger partial charge in [0.2, 0.25) is 5.91 Å². The van der Waals surface area contributed by atoms with Gasteiger partial charge in [-0.05, 0) is 13.0 Å². The van der Waals surface area contributed by atoms with Crippen LogP contribution in [0.2, 0.25) is 5.15 Å². The van der Waals surface area contributed by atoms with Crippen molar-refractivity contribution >= 4 is 29.6 Å². The van der Waals surface area contributed by atoms with Crippen LogP contribution >= 0.6 is 11.6 Å². The second-order valence-corrected chi connectivity index (χ2v) is 5.25. The van der Waals surface area contributed by atoms with Crippen LogP contribution in [0.4, 0.5) is 0 Å². The predicted molar refractivity (Wildman–Crippen MR) is 87.1 cm³/mol. The first kappa shape index (κ1) is 19.2. The number of nitrogens with zero attached hydrogens (tertiary/aromatic N) is 3. The third-order valence-electron chi connectivity index (χ3n) is 3.28. The van der Waals surface area contributed by atoms with Gasteiger partial charge in [-0.2, -0.15) is 5.10 Å². The van der Waals surface area contributed by atoms with E-state index in [9.17, 15) is 9.59 Å². The van der Waals surface area contributed by atoms with Crippen molar-refractivity contribution in [1.82, 2.24) is 14.7 Å². The van der Waals surface area contributed by atoms with Gasteiger partial charge in [-0.15, -0.1) is 0 Å². The van der Waals surface area contributed by atoms with Gasteiger partial charge in [-0.25, -0.2) is 0 Å². The molecule has 0 aliphatic heterocycles. The normalized spacial score (nSPS) is 11.0. The lowest BCUT2D eigenvalue weighted by Crippen LogP contribution is -2.34. The summed E-state index contributed by atoms with van der Waals surface area (Å²) >= 11 is 6.13. The fraction of sp³-hybridized carbons (Fsp3) is 0.533. The number of hydrogen-bond acceptors (Lipinski definition) is 5. The minimum Gasteiger partial charge on any atom is -0.469 e. The maximum absolute atomic E-state index is 12.3. The van der Waals surface area contributed by atoms with Crippen molar-refractivity contribution in [3.63, 3.8) is 0 Å². The summed E-state index contributed by atoms with van der Waals surface area (Å²) in [6.45, 7) is 2.85. The average molecular weight is 344 g/mol. The quantitative estimate of drug-likeness (QED) is 0.527. The monoisotopic (exact) mass is 343 g/mol. The number of methoxy groups -OCH3 is 2. The molecule has 0 saturated carbocycles. The number of hydrogen-bond donors (Lipinski definition) is 0. The van der Waals surface area contributed by atoms with Crippen LogP contribution in [-0.4, -0.2) is 60.5 Å². The molecule has 0 aliphatic rings. The topological polar surface area (TPSA) is 73.7 Å². The molecular weight excluding hydrogens is 322 g/mol. The van der Waals surface area contributed by atoms with Crippen LogP contribution in [0.3, 0.4) is 0 Å². The Hall–Kier alpha value is -1.86. The molecule has 0 aliphatic carbocycles. The van der Waals surface area contributed by atoms with E-state index in [-0.39, 0.29) is 24.8 Å². The molecule has 0 radical (unpaired) electrons. The lowest BCUT2D eigenvalue weighted by atomic mass is 10.2. The highest BCUT2D eigenvalue weighted by Gasteiger charge is 2.14. The Morgan fingerprint density at radius 3 is 2.57 bits per heavy atom. The highest BCUT2D eigenvalue weighted by molar-refractivity contribution is 6.31. The Labute approximate surface area is 140 Å². The first-order valence-corrected chi connectivity index (χ1v) is 7.50. The van der Waals surface area contributed by atoms with Crippen molar-refractivity contribution in [3.8, 4) is 0 Å². The standard InChI is InChI=1S/C15H22ClN3O4/c1-11-12(15(16)18(2)17-11)5-6-13(20)19(9-10-22-3)8-7-14(21)23-4/h5-6H,7-10H2,1-4H3/b6-5+. The molecule has 8 heteroatoms. The molecule has 0 N–H and O–H groups in total. The molecule has 1 heterocycles. The van der Waals surface area contributed by atoms with Gasteiger partial charge in [0, 0.05) is 38.9 Å².